The zero-order valence-corrected chi connectivity index (χ0v) is 11.4. The lowest BCUT2D eigenvalue weighted by molar-refractivity contribution is -0.137. The van der Waals surface area contributed by atoms with Crippen molar-refractivity contribution < 1.29 is 24.2 Å². The summed E-state index contributed by atoms with van der Waals surface area (Å²) >= 11 is 0. The second-order valence-corrected chi connectivity index (χ2v) is 6.69. The van der Waals surface area contributed by atoms with Gasteiger partial charge in [-0.25, -0.2) is 0 Å². The number of rotatable bonds is 10. The third-order valence-electron chi connectivity index (χ3n) is 2.56. The number of hydrogen-bond donors (Lipinski definition) is 3. The summed E-state index contributed by atoms with van der Waals surface area (Å²) in [6.45, 7) is 3.64. The fraction of sp³-hybridized carbons (Fsp3) is 0.636. The van der Waals surface area contributed by atoms with Gasteiger partial charge >= 0.3 is 5.97 Å². The van der Waals surface area contributed by atoms with Crippen molar-refractivity contribution in [3.05, 3.63) is 12.3 Å². The number of carbonyl (C=O) groups excluding carboxylic acids is 1. The molecular weight excluding hydrogens is 257 g/mol. The lowest BCUT2D eigenvalue weighted by Gasteiger charge is -2.16. The molecule has 0 aliphatic carbocycles. The highest BCUT2D eigenvalue weighted by atomic mass is 31.2. The van der Waals surface area contributed by atoms with Crippen molar-refractivity contribution in [1.82, 2.24) is 5.32 Å². The van der Waals surface area contributed by atoms with Crippen LogP contribution >= 0.6 is 7.37 Å². The van der Waals surface area contributed by atoms with Crippen LogP contribution in [0.15, 0.2) is 12.3 Å². The van der Waals surface area contributed by atoms with E-state index in [1.54, 1.807) is 7.05 Å². The minimum atomic E-state index is -3.42. The molecule has 0 heterocycles. The lowest BCUT2D eigenvalue weighted by atomic mass is 10.1. The van der Waals surface area contributed by atoms with Crippen LogP contribution in [-0.4, -0.2) is 41.6 Å². The predicted molar refractivity (Wildman–Crippen MR) is 68.8 cm³/mol. The van der Waals surface area contributed by atoms with Gasteiger partial charge in [-0.05, 0) is 12.8 Å². The average Bonchev–Trinajstić information content (AvgIpc) is 2.31. The number of carboxylic acids is 1. The summed E-state index contributed by atoms with van der Waals surface area (Å²) in [5, 5.41) is 11.3. The number of aldehydes is 1. The van der Waals surface area contributed by atoms with Gasteiger partial charge in [-0.2, -0.15) is 0 Å². The van der Waals surface area contributed by atoms with Crippen LogP contribution in [-0.2, 0) is 14.2 Å². The molecule has 7 heteroatoms. The van der Waals surface area contributed by atoms with Crippen LogP contribution in [0.4, 0.5) is 0 Å². The van der Waals surface area contributed by atoms with E-state index in [1.807, 2.05) is 0 Å². The lowest BCUT2D eigenvalue weighted by Crippen LogP contribution is -2.13. The van der Waals surface area contributed by atoms with Crippen molar-refractivity contribution in [2.45, 2.75) is 19.3 Å². The molecule has 0 aliphatic heterocycles. The molecule has 2 unspecified atom stereocenters. The first-order valence-corrected chi connectivity index (χ1v) is 7.67. The fourth-order valence-corrected chi connectivity index (χ4v) is 3.21. The Labute approximate surface area is 107 Å². The molecule has 18 heavy (non-hydrogen) atoms. The van der Waals surface area contributed by atoms with Gasteiger partial charge in [0.25, 0.3) is 0 Å². The molecule has 0 rings (SSSR count). The first-order chi connectivity index (χ1) is 8.30. The Balaban J connectivity index is 4.25. The highest BCUT2D eigenvalue weighted by molar-refractivity contribution is 7.58. The van der Waals surface area contributed by atoms with E-state index in [-0.39, 0.29) is 25.2 Å². The Bertz CT molecular complexity index is 355. The summed E-state index contributed by atoms with van der Waals surface area (Å²) in [7, 11) is -1.74. The van der Waals surface area contributed by atoms with Crippen LogP contribution in [0, 0.1) is 5.92 Å². The molecule has 0 saturated heterocycles. The average molecular weight is 277 g/mol. The zero-order valence-electron chi connectivity index (χ0n) is 10.5. The van der Waals surface area contributed by atoms with Gasteiger partial charge in [0.1, 0.15) is 6.29 Å². The Morgan fingerprint density at radius 3 is 2.56 bits per heavy atom. The van der Waals surface area contributed by atoms with Crippen molar-refractivity contribution in [2.75, 3.05) is 19.4 Å². The number of carboxylic acid groups (broad SMARTS) is 1. The van der Waals surface area contributed by atoms with Crippen LogP contribution < -0.4 is 5.32 Å². The largest absolute Gasteiger partial charge is 0.481 e. The Kier molecular flexibility index (Phi) is 7.55. The van der Waals surface area contributed by atoms with Crippen molar-refractivity contribution in [3.8, 4) is 0 Å². The smallest absolute Gasteiger partial charge is 0.303 e. The quantitative estimate of drug-likeness (QED) is 0.407. The number of nitrogens with one attached hydrogen (secondary N) is 1. The third-order valence-corrected chi connectivity index (χ3v) is 4.52. The van der Waals surface area contributed by atoms with E-state index in [1.165, 1.54) is 0 Å². The van der Waals surface area contributed by atoms with E-state index in [2.05, 4.69) is 11.9 Å². The molecule has 0 aromatic heterocycles. The number of allylic oxidation sites excluding steroid dienone is 1. The van der Waals surface area contributed by atoms with Crippen LogP contribution in [0.3, 0.4) is 0 Å². The highest BCUT2D eigenvalue weighted by Gasteiger charge is 2.24. The fourth-order valence-electron chi connectivity index (χ4n) is 1.40. The van der Waals surface area contributed by atoms with Gasteiger partial charge in [0.15, 0.2) is 0 Å². The Morgan fingerprint density at radius 1 is 1.50 bits per heavy atom. The van der Waals surface area contributed by atoms with Gasteiger partial charge in [0, 0.05) is 37.4 Å². The Hall–Kier alpha value is -1.13. The monoisotopic (exact) mass is 277 g/mol. The van der Waals surface area contributed by atoms with E-state index in [0.29, 0.717) is 18.4 Å². The summed E-state index contributed by atoms with van der Waals surface area (Å²) in [4.78, 5) is 30.8. The summed E-state index contributed by atoms with van der Waals surface area (Å²) in [6.07, 6.45) is 0.710. The maximum atomic E-state index is 11.8. The number of hydrogen-bond acceptors (Lipinski definition) is 4. The second-order valence-electron chi connectivity index (χ2n) is 4.18. The molecule has 0 radical (unpaired) electrons. The molecule has 0 bridgehead atoms. The number of carbonyl (C=O) groups is 2. The van der Waals surface area contributed by atoms with E-state index in [9.17, 15) is 19.0 Å². The Morgan fingerprint density at radius 2 is 2.11 bits per heavy atom. The molecule has 0 spiro atoms. The van der Waals surface area contributed by atoms with E-state index >= 15 is 0 Å². The van der Waals surface area contributed by atoms with Crippen molar-refractivity contribution in [1.29, 1.82) is 0 Å². The molecule has 104 valence electrons. The van der Waals surface area contributed by atoms with Gasteiger partial charge in [-0.1, -0.05) is 6.58 Å². The van der Waals surface area contributed by atoms with E-state index in [4.69, 9.17) is 5.11 Å². The molecule has 0 saturated carbocycles. The first-order valence-electron chi connectivity index (χ1n) is 5.64. The molecule has 2 atom stereocenters. The van der Waals surface area contributed by atoms with Gasteiger partial charge < -0.3 is 20.1 Å². The minimum Gasteiger partial charge on any atom is -0.481 e. The summed E-state index contributed by atoms with van der Waals surface area (Å²) in [5.41, 5.74) is 0.650. The van der Waals surface area contributed by atoms with Crippen molar-refractivity contribution in [2.24, 2.45) is 5.92 Å². The predicted octanol–water partition coefficient (Wildman–Crippen LogP) is 1.06. The highest BCUT2D eigenvalue weighted by Crippen LogP contribution is 2.43. The van der Waals surface area contributed by atoms with E-state index < -0.39 is 19.3 Å². The first kappa shape index (κ1) is 16.9. The van der Waals surface area contributed by atoms with Gasteiger partial charge in [-0.15, -0.1) is 0 Å². The molecular formula is C11H20NO5P. The maximum Gasteiger partial charge on any atom is 0.303 e. The van der Waals surface area contributed by atoms with Crippen molar-refractivity contribution in [3.63, 3.8) is 0 Å². The minimum absolute atomic E-state index is 0.0457. The van der Waals surface area contributed by atoms with Crippen LogP contribution in [0.1, 0.15) is 19.3 Å². The number of aliphatic carboxylic acids is 1. The van der Waals surface area contributed by atoms with Crippen LogP contribution in [0.5, 0.6) is 0 Å². The summed E-state index contributed by atoms with van der Waals surface area (Å²) < 4.78 is 11.8. The second kappa shape index (κ2) is 8.06. The van der Waals surface area contributed by atoms with E-state index in [0.717, 1.165) is 0 Å². The molecule has 0 aliphatic rings. The van der Waals surface area contributed by atoms with Gasteiger partial charge in [0.2, 0.25) is 7.37 Å². The van der Waals surface area contributed by atoms with Crippen LogP contribution in [0.2, 0.25) is 0 Å². The summed E-state index contributed by atoms with van der Waals surface area (Å²) in [5.74, 6) is -1.70. The standard InChI is InChI=1S/C11H20NO5P/c1-9(12-2)5-6-18(16,17)8-10(7-13)3-4-11(14)15/h7,10,12H,1,3-6,8H2,2H3,(H,14,15)(H,16,17). The normalized spacial score (nSPS) is 15.4. The molecule has 3 N–H and O–H groups in total. The maximum absolute atomic E-state index is 11.8. The van der Waals surface area contributed by atoms with Crippen molar-refractivity contribution >= 4 is 19.6 Å². The van der Waals surface area contributed by atoms with Crippen LogP contribution in [0.25, 0.3) is 0 Å². The molecule has 0 aromatic rings. The zero-order chi connectivity index (χ0) is 14.2. The van der Waals surface area contributed by atoms with Gasteiger partial charge in [0.05, 0.1) is 0 Å². The molecule has 6 nitrogen and oxygen atoms in total. The SMILES string of the molecule is C=C(CCP(=O)(O)CC(C=O)CCC(=O)O)NC. The third kappa shape index (κ3) is 8.03. The molecule has 0 amide bonds. The molecule has 0 fully saturated rings. The molecule has 0 aromatic carbocycles. The topological polar surface area (TPSA) is 104 Å². The van der Waals surface area contributed by atoms with Gasteiger partial charge in [-0.3, -0.25) is 9.36 Å². The summed E-state index contributed by atoms with van der Waals surface area (Å²) in [6, 6.07) is 0.